The molecule has 0 saturated carbocycles. The van der Waals surface area contributed by atoms with E-state index in [1.807, 2.05) is 46.9 Å². The highest BCUT2D eigenvalue weighted by atomic mass is 32.2. The molecule has 2 aromatic heterocycles. The van der Waals surface area contributed by atoms with Gasteiger partial charge in [0.1, 0.15) is 0 Å². The SMILES string of the molecule is CCCCn1c(=O)c2ccccc2n2c(SC(C)c3ccccc3)nnc12. The van der Waals surface area contributed by atoms with Crippen LogP contribution in [0.5, 0.6) is 0 Å². The monoisotopic (exact) mass is 378 g/mol. The van der Waals surface area contributed by atoms with Gasteiger partial charge in [-0.1, -0.05) is 67.6 Å². The van der Waals surface area contributed by atoms with Gasteiger partial charge in [-0.05, 0) is 31.0 Å². The summed E-state index contributed by atoms with van der Waals surface area (Å²) in [5.74, 6) is 0.620. The Hall–Kier alpha value is -2.60. The molecule has 0 saturated heterocycles. The molecular weight excluding hydrogens is 356 g/mol. The van der Waals surface area contributed by atoms with E-state index >= 15 is 0 Å². The molecule has 6 heteroatoms. The number of thioether (sulfide) groups is 1. The molecule has 27 heavy (non-hydrogen) atoms. The number of para-hydroxylation sites is 1. The molecule has 5 nitrogen and oxygen atoms in total. The first-order valence-corrected chi connectivity index (χ1v) is 10.2. The van der Waals surface area contributed by atoms with Gasteiger partial charge in [0, 0.05) is 11.8 Å². The van der Waals surface area contributed by atoms with Crippen LogP contribution in [0.25, 0.3) is 16.7 Å². The van der Waals surface area contributed by atoms with Gasteiger partial charge < -0.3 is 0 Å². The lowest BCUT2D eigenvalue weighted by Crippen LogP contribution is -2.23. The summed E-state index contributed by atoms with van der Waals surface area (Å²) >= 11 is 1.66. The number of fused-ring (bicyclic) bond motifs is 3. The summed E-state index contributed by atoms with van der Waals surface area (Å²) in [6.07, 6.45) is 1.95. The van der Waals surface area contributed by atoms with E-state index < -0.39 is 0 Å². The highest BCUT2D eigenvalue weighted by molar-refractivity contribution is 7.99. The van der Waals surface area contributed by atoms with E-state index in [1.54, 1.807) is 16.3 Å². The number of aryl methyl sites for hydroxylation is 1. The van der Waals surface area contributed by atoms with Crippen LogP contribution in [0.4, 0.5) is 0 Å². The van der Waals surface area contributed by atoms with Crippen molar-refractivity contribution in [1.82, 2.24) is 19.2 Å². The van der Waals surface area contributed by atoms with Gasteiger partial charge in [0.15, 0.2) is 5.16 Å². The fourth-order valence-electron chi connectivity index (χ4n) is 3.28. The molecule has 138 valence electrons. The second-order valence-electron chi connectivity index (χ2n) is 6.62. The normalized spacial score (nSPS) is 12.7. The third-order valence-electron chi connectivity index (χ3n) is 4.76. The molecule has 0 aliphatic rings. The molecule has 0 amide bonds. The molecule has 2 aromatic carbocycles. The molecule has 4 aromatic rings. The lowest BCUT2D eigenvalue weighted by molar-refractivity contribution is 0.620. The van der Waals surface area contributed by atoms with E-state index in [4.69, 9.17) is 0 Å². The topological polar surface area (TPSA) is 52.2 Å². The predicted octanol–water partition coefficient (Wildman–Crippen LogP) is 4.70. The average molecular weight is 379 g/mol. The molecular formula is C21H22N4OS. The Morgan fingerprint density at radius 2 is 1.78 bits per heavy atom. The van der Waals surface area contributed by atoms with Gasteiger partial charge in [0.25, 0.3) is 5.56 Å². The second kappa shape index (κ2) is 7.56. The number of benzene rings is 2. The third kappa shape index (κ3) is 3.25. The van der Waals surface area contributed by atoms with E-state index in [9.17, 15) is 4.79 Å². The van der Waals surface area contributed by atoms with Crippen LogP contribution in [0.1, 0.15) is 37.5 Å². The van der Waals surface area contributed by atoms with Crippen LogP contribution < -0.4 is 5.56 Å². The summed E-state index contributed by atoms with van der Waals surface area (Å²) < 4.78 is 3.78. The molecule has 0 radical (unpaired) electrons. The minimum atomic E-state index is 0.00612. The highest BCUT2D eigenvalue weighted by Gasteiger charge is 2.18. The molecule has 4 rings (SSSR count). The smallest absolute Gasteiger partial charge is 0.262 e. The van der Waals surface area contributed by atoms with Gasteiger partial charge in [-0.25, -0.2) is 0 Å². The average Bonchev–Trinajstić information content (AvgIpc) is 3.12. The molecule has 1 unspecified atom stereocenters. The second-order valence-corrected chi connectivity index (χ2v) is 7.92. The quantitative estimate of drug-likeness (QED) is 0.457. The minimum absolute atomic E-state index is 0.00612. The molecule has 0 bridgehead atoms. The molecule has 0 N–H and O–H groups in total. The Labute approximate surface area is 162 Å². The Morgan fingerprint density at radius 3 is 2.56 bits per heavy atom. The fraction of sp³-hybridized carbons (Fsp3) is 0.286. The van der Waals surface area contributed by atoms with Gasteiger partial charge in [0.2, 0.25) is 5.78 Å². The van der Waals surface area contributed by atoms with Crippen LogP contribution in [0.3, 0.4) is 0 Å². The Kier molecular flexibility index (Phi) is 4.99. The minimum Gasteiger partial charge on any atom is -0.276 e. The van der Waals surface area contributed by atoms with Gasteiger partial charge in [0.05, 0.1) is 10.9 Å². The van der Waals surface area contributed by atoms with Gasteiger partial charge in [-0.15, -0.1) is 10.2 Å². The molecule has 0 aliphatic carbocycles. The summed E-state index contributed by atoms with van der Waals surface area (Å²) in [6.45, 7) is 4.94. The van der Waals surface area contributed by atoms with E-state index in [0.717, 1.165) is 23.5 Å². The van der Waals surface area contributed by atoms with Gasteiger partial charge >= 0.3 is 0 Å². The van der Waals surface area contributed by atoms with Crippen molar-refractivity contribution in [2.24, 2.45) is 0 Å². The van der Waals surface area contributed by atoms with Gasteiger partial charge in [-0.3, -0.25) is 13.8 Å². The molecule has 0 aliphatic heterocycles. The Balaban J connectivity index is 1.88. The molecule has 0 fully saturated rings. The lowest BCUT2D eigenvalue weighted by atomic mass is 10.2. The van der Waals surface area contributed by atoms with Crippen molar-refractivity contribution < 1.29 is 0 Å². The molecule has 1 atom stereocenters. The first-order valence-electron chi connectivity index (χ1n) is 9.29. The Bertz CT molecular complexity index is 1130. The van der Waals surface area contributed by atoms with Crippen molar-refractivity contribution in [3.8, 4) is 0 Å². The fourth-order valence-corrected chi connectivity index (χ4v) is 4.26. The van der Waals surface area contributed by atoms with Crippen LogP contribution in [0.2, 0.25) is 0 Å². The number of rotatable bonds is 6. The van der Waals surface area contributed by atoms with Crippen molar-refractivity contribution >= 4 is 28.4 Å². The summed E-state index contributed by atoms with van der Waals surface area (Å²) in [5, 5.41) is 10.6. The van der Waals surface area contributed by atoms with Crippen LogP contribution in [0, 0.1) is 0 Å². The number of hydrogen-bond donors (Lipinski definition) is 0. The van der Waals surface area contributed by atoms with Crippen molar-refractivity contribution in [1.29, 1.82) is 0 Å². The number of nitrogens with zero attached hydrogens (tertiary/aromatic N) is 4. The summed E-state index contributed by atoms with van der Waals surface area (Å²) in [5.41, 5.74) is 2.10. The summed E-state index contributed by atoms with van der Waals surface area (Å²) in [7, 11) is 0. The number of aromatic nitrogens is 4. The number of unbranched alkanes of at least 4 members (excludes halogenated alkanes) is 1. The third-order valence-corrected chi connectivity index (χ3v) is 5.87. The Morgan fingerprint density at radius 1 is 1.04 bits per heavy atom. The first kappa shape index (κ1) is 17.8. The maximum Gasteiger partial charge on any atom is 0.262 e. The molecule has 0 spiro atoms. The lowest BCUT2D eigenvalue weighted by Gasteiger charge is -2.13. The predicted molar refractivity (Wildman–Crippen MR) is 110 cm³/mol. The maximum absolute atomic E-state index is 13.0. The summed E-state index contributed by atoms with van der Waals surface area (Å²) in [6, 6.07) is 18.1. The highest BCUT2D eigenvalue weighted by Crippen LogP contribution is 2.34. The zero-order chi connectivity index (χ0) is 18.8. The van der Waals surface area contributed by atoms with Gasteiger partial charge in [-0.2, -0.15) is 0 Å². The van der Waals surface area contributed by atoms with Crippen LogP contribution in [0.15, 0.2) is 64.5 Å². The molecule has 2 heterocycles. The summed E-state index contributed by atoms with van der Waals surface area (Å²) in [4.78, 5) is 13.0. The van der Waals surface area contributed by atoms with E-state index in [2.05, 4.69) is 36.2 Å². The van der Waals surface area contributed by atoms with Crippen LogP contribution >= 0.6 is 11.8 Å². The van der Waals surface area contributed by atoms with Crippen LogP contribution in [-0.2, 0) is 6.54 Å². The number of hydrogen-bond acceptors (Lipinski definition) is 4. The zero-order valence-electron chi connectivity index (χ0n) is 15.5. The van der Waals surface area contributed by atoms with Crippen molar-refractivity contribution in [2.75, 3.05) is 0 Å². The van der Waals surface area contributed by atoms with E-state index in [1.165, 1.54) is 5.56 Å². The van der Waals surface area contributed by atoms with Crippen LogP contribution in [-0.4, -0.2) is 19.2 Å². The van der Waals surface area contributed by atoms with E-state index in [-0.39, 0.29) is 10.8 Å². The maximum atomic E-state index is 13.0. The van der Waals surface area contributed by atoms with E-state index in [0.29, 0.717) is 17.7 Å². The zero-order valence-corrected chi connectivity index (χ0v) is 16.3. The largest absolute Gasteiger partial charge is 0.276 e. The van der Waals surface area contributed by atoms with Crippen molar-refractivity contribution in [3.63, 3.8) is 0 Å². The van der Waals surface area contributed by atoms with Crippen molar-refractivity contribution in [2.45, 2.75) is 43.6 Å². The standard InChI is InChI=1S/C21H22N4OS/c1-3-4-14-24-19(26)17-12-8-9-13-18(17)25-20(24)22-23-21(25)27-15(2)16-10-6-5-7-11-16/h5-13,15H,3-4,14H2,1-2H3. The first-order chi connectivity index (χ1) is 13.2. The van der Waals surface area contributed by atoms with Crippen molar-refractivity contribution in [3.05, 3.63) is 70.5 Å².